The molecule has 4 atom stereocenters. The number of hydrogen-bond acceptors (Lipinski definition) is 10. The molecule has 0 bridgehead atoms. The highest BCUT2D eigenvalue weighted by Crippen LogP contribution is 2.48. The number of fused-ring (bicyclic) bond motifs is 2. The average Bonchev–Trinajstić information content (AvgIpc) is 3.48. The number of hydrogen-bond donors (Lipinski definition) is 3. The van der Waals surface area contributed by atoms with Crippen molar-refractivity contribution in [2.45, 2.75) is 64.3 Å². The van der Waals surface area contributed by atoms with Crippen LogP contribution in [0.5, 0.6) is 5.75 Å². The Hall–Kier alpha value is -3.99. The molecule has 2 heterocycles. The van der Waals surface area contributed by atoms with Crippen LogP contribution in [0.3, 0.4) is 0 Å². The summed E-state index contributed by atoms with van der Waals surface area (Å²) in [6, 6.07) is 12.5. The summed E-state index contributed by atoms with van der Waals surface area (Å²) >= 11 is 0. The first-order valence-electron chi connectivity index (χ1n) is 14.5. The highest BCUT2D eigenvalue weighted by molar-refractivity contribution is 7.52. The van der Waals surface area contributed by atoms with Crippen LogP contribution in [0.1, 0.15) is 46.1 Å². The molecule has 2 aromatic carbocycles. The van der Waals surface area contributed by atoms with E-state index in [4.69, 9.17) is 19.5 Å². The van der Waals surface area contributed by atoms with Gasteiger partial charge in [-0.1, -0.05) is 48.6 Å². The predicted molar refractivity (Wildman–Crippen MR) is 165 cm³/mol. The summed E-state index contributed by atoms with van der Waals surface area (Å²) in [6.45, 7) is 5.17. The summed E-state index contributed by atoms with van der Waals surface area (Å²) in [6.07, 6.45) is 8.33. The Kier molecular flexibility index (Phi) is 8.09. The number of aromatic nitrogens is 4. The van der Waals surface area contributed by atoms with Crippen LogP contribution in [0.2, 0.25) is 0 Å². The molecule has 0 amide bonds. The lowest BCUT2D eigenvalue weighted by molar-refractivity contribution is -0.149. The fourth-order valence-electron chi connectivity index (χ4n) is 5.09. The van der Waals surface area contributed by atoms with Crippen molar-refractivity contribution in [1.82, 2.24) is 24.6 Å². The van der Waals surface area contributed by atoms with E-state index in [2.05, 4.69) is 25.4 Å². The van der Waals surface area contributed by atoms with Crippen molar-refractivity contribution in [3.05, 3.63) is 60.9 Å². The molecule has 0 saturated heterocycles. The normalized spacial score (nSPS) is 20.4. The number of carbonyl (C=O) groups excluding carboxylic acids is 1. The molecule has 0 radical (unpaired) electrons. The number of nitrogens with two attached hydrogens (primary N) is 1. The summed E-state index contributed by atoms with van der Waals surface area (Å²) in [4.78, 5) is 26.0. The minimum Gasteiger partial charge on any atom is -0.462 e. The lowest BCUT2D eigenvalue weighted by Gasteiger charge is -2.25. The first-order valence-corrected chi connectivity index (χ1v) is 16.1. The van der Waals surface area contributed by atoms with Crippen molar-refractivity contribution < 1.29 is 23.1 Å². The van der Waals surface area contributed by atoms with E-state index in [0.717, 1.165) is 23.6 Å². The Bertz CT molecular complexity index is 1710. The van der Waals surface area contributed by atoms with Crippen molar-refractivity contribution in [2.24, 2.45) is 5.92 Å². The third kappa shape index (κ3) is 6.66. The fourth-order valence-corrected chi connectivity index (χ4v) is 6.66. The number of nitrogens with one attached hydrogen (secondary N) is 2. The Morgan fingerprint density at radius 1 is 1.12 bits per heavy atom. The molecule has 2 aliphatic rings. The molecule has 4 aromatic rings. The number of esters is 1. The van der Waals surface area contributed by atoms with E-state index in [-0.39, 0.29) is 30.6 Å². The van der Waals surface area contributed by atoms with Crippen LogP contribution in [0.15, 0.2) is 60.9 Å². The number of carbonyl (C=O) groups is 1. The third-order valence-electron chi connectivity index (χ3n) is 7.35. The van der Waals surface area contributed by atoms with E-state index < -0.39 is 19.8 Å². The van der Waals surface area contributed by atoms with E-state index in [1.165, 1.54) is 0 Å². The van der Waals surface area contributed by atoms with Gasteiger partial charge >= 0.3 is 13.7 Å². The van der Waals surface area contributed by atoms with Gasteiger partial charge in [0.1, 0.15) is 11.8 Å². The van der Waals surface area contributed by atoms with Crippen molar-refractivity contribution in [3.63, 3.8) is 0 Å². The maximum absolute atomic E-state index is 14.2. The van der Waals surface area contributed by atoms with Gasteiger partial charge in [0, 0.05) is 17.3 Å². The van der Waals surface area contributed by atoms with Gasteiger partial charge in [0.05, 0.1) is 25.1 Å². The van der Waals surface area contributed by atoms with Gasteiger partial charge in [-0.15, -0.1) is 0 Å². The maximum atomic E-state index is 14.2. The second kappa shape index (κ2) is 11.9. The summed E-state index contributed by atoms with van der Waals surface area (Å²) < 4.78 is 33.6. The molecule has 1 saturated carbocycles. The van der Waals surface area contributed by atoms with E-state index >= 15 is 0 Å². The van der Waals surface area contributed by atoms with Crippen LogP contribution in [0.25, 0.3) is 21.9 Å². The second-order valence-corrected chi connectivity index (χ2v) is 13.0. The maximum Gasteiger partial charge on any atom is 0.459 e. The van der Waals surface area contributed by atoms with Crippen molar-refractivity contribution in [1.29, 1.82) is 0 Å². The first-order chi connectivity index (χ1) is 20.7. The van der Waals surface area contributed by atoms with Gasteiger partial charge in [-0.3, -0.25) is 9.32 Å². The highest BCUT2D eigenvalue weighted by Gasteiger charge is 2.35. The Morgan fingerprint density at radius 3 is 2.70 bits per heavy atom. The lowest BCUT2D eigenvalue weighted by Crippen LogP contribution is -2.36. The van der Waals surface area contributed by atoms with Gasteiger partial charge in [-0.25, -0.2) is 9.55 Å². The van der Waals surface area contributed by atoms with Gasteiger partial charge < -0.3 is 24.9 Å². The molecular formula is C30H36N7O5P. The van der Waals surface area contributed by atoms with Gasteiger partial charge in [0.15, 0.2) is 17.0 Å². The Labute approximate surface area is 249 Å². The minimum atomic E-state index is -4.04. The summed E-state index contributed by atoms with van der Waals surface area (Å²) in [5.74, 6) is 0.575. The molecule has 1 unspecified atom stereocenters. The van der Waals surface area contributed by atoms with Crippen LogP contribution >= 0.6 is 7.75 Å². The van der Waals surface area contributed by atoms with Crippen LogP contribution < -0.4 is 20.7 Å². The van der Waals surface area contributed by atoms with Gasteiger partial charge in [-0.2, -0.15) is 15.1 Å². The highest BCUT2D eigenvalue weighted by atomic mass is 31.2. The van der Waals surface area contributed by atoms with E-state index in [9.17, 15) is 9.36 Å². The number of nitrogen functional groups attached to an aromatic ring is 1. The molecule has 0 spiro atoms. The molecule has 6 rings (SSSR count). The third-order valence-corrected chi connectivity index (χ3v) is 8.98. The van der Waals surface area contributed by atoms with Gasteiger partial charge in [0.25, 0.3) is 0 Å². The van der Waals surface area contributed by atoms with Crippen LogP contribution in [0.4, 0.5) is 11.8 Å². The van der Waals surface area contributed by atoms with Gasteiger partial charge in [-0.05, 0) is 51.5 Å². The zero-order valence-electron chi connectivity index (χ0n) is 24.3. The zero-order valence-corrected chi connectivity index (χ0v) is 25.2. The zero-order chi connectivity index (χ0) is 30.1. The SMILES string of the molecule is CC(C)OC(=O)[C@H](C)NP(=O)(OC[C@@H]1C=C[C@H](n2cnc3c(NC4CC4)nc(N)nc32)C1)Oc1cccc2ccccc12. The van der Waals surface area contributed by atoms with Crippen molar-refractivity contribution in [2.75, 3.05) is 17.7 Å². The molecule has 226 valence electrons. The standard InChI is InChI=1S/C30H36N7O5P/c1-18(2)41-29(38)19(3)36-43(39,42-25-10-6-8-21-7-4-5-9-24(21)25)40-16-20-11-14-23(15-20)37-17-32-26-27(33-22-12-13-22)34-30(31)35-28(26)37/h4-11,14,17-20,22-23H,12-13,15-16H2,1-3H3,(H,36,39)(H3,31,33,34,35)/t19-,20+,23-,43?/m0/s1. The van der Waals surface area contributed by atoms with E-state index in [0.29, 0.717) is 35.2 Å². The number of anilines is 2. The van der Waals surface area contributed by atoms with Crippen molar-refractivity contribution >= 4 is 47.4 Å². The number of allylic oxidation sites excluding steroid dienone is 1. The summed E-state index contributed by atoms with van der Waals surface area (Å²) in [5.41, 5.74) is 7.35. The summed E-state index contributed by atoms with van der Waals surface area (Å²) in [7, 11) is -4.04. The van der Waals surface area contributed by atoms with Crippen LogP contribution in [-0.2, 0) is 18.6 Å². The molecular weight excluding hydrogens is 569 g/mol. The van der Waals surface area contributed by atoms with Crippen LogP contribution in [0, 0.1) is 5.92 Å². The largest absolute Gasteiger partial charge is 0.462 e. The molecule has 12 nitrogen and oxygen atoms in total. The molecule has 4 N–H and O–H groups in total. The fraction of sp³-hybridized carbons (Fsp3) is 0.400. The lowest BCUT2D eigenvalue weighted by atomic mass is 10.1. The average molecular weight is 606 g/mol. The quantitative estimate of drug-likeness (QED) is 0.108. The van der Waals surface area contributed by atoms with E-state index in [1.54, 1.807) is 33.2 Å². The minimum absolute atomic E-state index is 0.0621. The van der Waals surface area contributed by atoms with Gasteiger partial charge in [0.2, 0.25) is 5.95 Å². The number of nitrogens with zero attached hydrogens (tertiary/aromatic N) is 4. The van der Waals surface area contributed by atoms with Crippen molar-refractivity contribution in [3.8, 4) is 5.75 Å². The number of ether oxygens (including phenoxy) is 1. The Balaban J connectivity index is 1.18. The molecule has 13 heteroatoms. The number of imidazole rings is 1. The summed E-state index contributed by atoms with van der Waals surface area (Å²) in [5, 5.41) is 7.87. The topological polar surface area (TPSA) is 156 Å². The number of rotatable bonds is 12. The Morgan fingerprint density at radius 2 is 1.91 bits per heavy atom. The second-order valence-electron chi connectivity index (χ2n) is 11.3. The monoisotopic (exact) mass is 605 g/mol. The molecule has 0 aliphatic heterocycles. The van der Waals surface area contributed by atoms with Crippen LogP contribution in [-0.4, -0.2) is 50.3 Å². The molecule has 43 heavy (non-hydrogen) atoms. The number of benzene rings is 2. The first kappa shape index (κ1) is 29.1. The van der Waals surface area contributed by atoms with E-state index in [1.807, 2.05) is 53.1 Å². The molecule has 2 aromatic heterocycles. The molecule has 2 aliphatic carbocycles. The predicted octanol–water partition coefficient (Wildman–Crippen LogP) is 5.39. The molecule has 1 fully saturated rings. The smallest absolute Gasteiger partial charge is 0.459 e.